The highest BCUT2D eigenvalue weighted by molar-refractivity contribution is 5.87. The largest absolute Gasteiger partial charge is 0.344 e. The molecule has 1 heterocycles. The second kappa shape index (κ2) is 4.86. The summed E-state index contributed by atoms with van der Waals surface area (Å²) in [5.41, 5.74) is 5.31. The van der Waals surface area contributed by atoms with Crippen molar-refractivity contribution in [2.24, 2.45) is 11.3 Å². The van der Waals surface area contributed by atoms with E-state index in [1.54, 1.807) is 11.3 Å². The van der Waals surface area contributed by atoms with Gasteiger partial charge >= 0.3 is 0 Å². The molecule has 0 spiro atoms. The van der Waals surface area contributed by atoms with E-state index in [2.05, 4.69) is 61.7 Å². The summed E-state index contributed by atoms with van der Waals surface area (Å²) < 4.78 is 2.64. The molecule has 0 aliphatic heterocycles. The second-order valence-corrected chi connectivity index (χ2v) is 8.20. The Kier molecular flexibility index (Phi) is 3.16. The van der Waals surface area contributed by atoms with Gasteiger partial charge in [0.25, 0.3) is 0 Å². The lowest BCUT2D eigenvalue weighted by Gasteiger charge is -2.56. The van der Waals surface area contributed by atoms with Crippen molar-refractivity contribution >= 4 is 10.9 Å². The Morgan fingerprint density at radius 3 is 2.73 bits per heavy atom. The summed E-state index contributed by atoms with van der Waals surface area (Å²) in [5.74, 6) is 1.67. The Bertz CT molecular complexity index is 708. The third-order valence-corrected chi connectivity index (χ3v) is 6.37. The van der Waals surface area contributed by atoms with Crippen LogP contribution < -0.4 is 0 Å². The van der Waals surface area contributed by atoms with Crippen molar-refractivity contribution in [2.45, 2.75) is 45.6 Å². The fourth-order valence-corrected chi connectivity index (χ4v) is 4.88. The van der Waals surface area contributed by atoms with Gasteiger partial charge in [0.15, 0.2) is 0 Å². The van der Waals surface area contributed by atoms with Gasteiger partial charge in [-0.25, -0.2) is 0 Å². The zero-order valence-electron chi connectivity index (χ0n) is 14.4. The first-order chi connectivity index (χ1) is 10.5. The molecule has 3 aliphatic carbocycles. The zero-order chi connectivity index (χ0) is 15.5. The first kappa shape index (κ1) is 14.3. The Labute approximate surface area is 134 Å². The van der Waals surface area contributed by atoms with E-state index in [0.717, 1.165) is 18.4 Å². The molecule has 0 saturated heterocycles. The predicted molar refractivity (Wildman–Crippen MR) is 93.4 cm³/mol. The molecule has 1 aromatic heterocycles. The van der Waals surface area contributed by atoms with Crippen molar-refractivity contribution in [2.75, 3.05) is 20.6 Å². The standard InChI is InChI=1S/C20H28N2/c1-20(2)14-12-16(20)19-15-8-5-6-9-17(15)22(18(19)13-14)11-7-10-21(3)4/h5-6,8-9,14,16H,7,10-13H2,1-4H3. The molecule has 1 aromatic carbocycles. The molecule has 0 radical (unpaired) electrons. The lowest BCUT2D eigenvalue weighted by Crippen LogP contribution is -2.48. The molecule has 118 valence electrons. The number of hydrogen-bond donors (Lipinski definition) is 0. The van der Waals surface area contributed by atoms with Crippen LogP contribution in [-0.4, -0.2) is 30.1 Å². The topological polar surface area (TPSA) is 8.17 Å². The van der Waals surface area contributed by atoms with Gasteiger partial charge in [-0.2, -0.15) is 0 Å². The van der Waals surface area contributed by atoms with Crippen LogP contribution in [0.1, 0.15) is 43.9 Å². The van der Waals surface area contributed by atoms with E-state index >= 15 is 0 Å². The van der Waals surface area contributed by atoms with E-state index in [0.29, 0.717) is 5.41 Å². The van der Waals surface area contributed by atoms with Gasteiger partial charge < -0.3 is 9.47 Å². The number of nitrogens with zero attached hydrogens (tertiary/aromatic N) is 2. The number of rotatable bonds is 4. The Morgan fingerprint density at radius 1 is 1.23 bits per heavy atom. The summed E-state index contributed by atoms with van der Waals surface area (Å²) in [6.07, 6.45) is 3.93. The van der Waals surface area contributed by atoms with Gasteiger partial charge in [-0.1, -0.05) is 32.0 Å². The lowest BCUT2D eigenvalue weighted by atomic mass is 9.48. The zero-order valence-corrected chi connectivity index (χ0v) is 14.4. The lowest BCUT2D eigenvalue weighted by molar-refractivity contribution is 0.0174. The molecular weight excluding hydrogens is 268 g/mol. The number of para-hydroxylation sites is 1. The molecule has 2 nitrogen and oxygen atoms in total. The predicted octanol–water partition coefficient (Wildman–Crippen LogP) is 4.28. The number of hydrogen-bond acceptors (Lipinski definition) is 1. The molecule has 5 rings (SSSR count). The van der Waals surface area contributed by atoms with E-state index in [4.69, 9.17) is 0 Å². The molecule has 1 saturated carbocycles. The van der Waals surface area contributed by atoms with E-state index < -0.39 is 0 Å². The van der Waals surface area contributed by atoms with Crippen LogP contribution in [0, 0.1) is 11.3 Å². The quantitative estimate of drug-likeness (QED) is 0.817. The molecule has 0 N–H and O–H groups in total. The Balaban J connectivity index is 1.78. The van der Waals surface area contributed by atoms with Gasteiger partial charge in [0.05, 0.1) is 0 Å². The molecule has 2 aromatic rings. The van der Waals surface area contributed by atoms with Crippen molar-refractivity contribution in [1.29, 1.82) is 0 Å². The number of fused-ring (bicyclic) bond motifs is 1. The van der Waals surface area contributed by atoms with E-state index in [9.17, 15) is 0 Å². The SMILES string of the molecule is CN(C)CCCn1c2c(c3ccccc31)C1CC(C2)C1(C)C. The van der Waals surface area contributed by atoms with Crippen LogP contribution in [0.2, 0.25) is 0 Å². The minimum Gasteiger partial charge on any atom is -0.344 e. The fourth-order valence-electron chi connectivity index (χ4n) is 4.88. The minimum absolute atomic E-state index is 0.506. The van der Waals surface area contributed by atoms with E-state index in [-0.39, 0.29) is 0 Å². The van der Waals surface area contributed by atoms with Crippen LogP contribution in [0.15, 0.2) is 24.3 Å². The molecule has 2 heteroatoms. The molecule has 2 bridgehead atoms. The van der Waals surface area contributed by atoms with Crippen LogP contribution >= 0.6 is 0 Å². The highest BCUT2D eigenvalue weighted by atomic mass is 15.1. The van der Waals surface area contributed by atoms with Gasteiger partial charge in [-0.3, -0.25) is 0 Å². The van der Waals surface area contributed by atoms with Crippen LogP contribution in [0.25, 0.3) is 10.9 Å². The Hall–Kier alpha value is -1.28. The fraction of sp³-hybridized carbons (Fsp3) is 0.600. The molecule has 3 aliphatic rings. The highest BCUT2D eigenvalue weighted by Crippen LogP contribution is 2.63. The molecule has 2 unspecified atom stereocenters. The summed E-state index contributed by atoms with van der Waals surface area (Å²) >= 11 is 0. The molecule has 1 fully saturated rings. The van der Waals surface area contributed by atoms with Gasteiger partial charge in [0.1, 0.15) is 0 Å². The Morgan fingerprint density at radius 2 is 2.00 bits per heavy atom. The van der Waals surface area contributed by atoms with Gasteiger partial charge in [-0.05, 0) is 68.8 Å². The molecule has 2 atom stereocenters. The third-order valence-electron chi connectivity index (χ3n) is 6.37. The molecule has 22 heavy (non-hydrogen) atoms. The van der Waals surface area contributed by atoms with Gasteiger partial charge in [0.2, 0.25) is 0 Å². The van der Waals surface area contributed by atoms with Crippen LogP contribution in [0.4, 0.5) is 0 Å². The average Bonchev–Trinajstić information content (AvgIpc) is 2.81. The normalized spacial score (nSPS) is 25.3. The third kappa shape index (κ3) is 1.89. The van der Waals surface area contributed by atoms with Crippen molar-refractivity contribution < 1.29 is 0 Å². The summed E-state index contributed by atoms with van der Waals surface area (Å²) in [6.45, 7) is 7.29. The summed E-state index contributed by atoms with van der Waals surface area (Å²) in [4.78, 5) is 2.29. The number of aromatic nitrogens is 1. The van der Waals surface area contributed by atoms with Gasteiger partial charge in [0, 0.05) is 23.1 Å². The van der Waals surface area contributed by atoms with Crippen LogP contribution in [0.3, 0.4) is 0 Å². The minimum atomic E-state index is 0.506. The van der Waals surface area contributed by atoms with Crippen molar-refractivity contribution in [3.8, 4) is 0 Å². The molecular formula is C20H28N2. The van der Waals surface area contributed by atoms with Crippen molar-refractivity contribution in [3.63, 3.8) is 0 Å². The molecule has 0 amide bonds. The van der Waals surface area contributed by atoms with Gasteiger partial charge in [-0.15, -0.1) is 0 Å². The average molecular weight is 296 g/mol. The second-order valence-electron chi connectivity index (χ2n) is 8.20. The smallest absolute Gasteiger partial charge is 0.0485 e. The maximum atomic E-state index is 2.64. The van der Waals surface area contributed by atoms with E-state index in [1.807, 2.05) is 0 Å². The van der Waals surface area contributed by atoms with Crippen molar-refractivity contribution in [3.05, 3.63) is 35.5 Å². The first-order valence-corrected chi connectivity index (χ1v) is 8.75. The van der Waals surface area contributed by atoms with Crippen molar-refractivity contribution in [1.82, 2.24) is 9.47 Å². The van der Waals surface area contributed by atoms with Crippen LogP contribution in [-0.2, 0) is 13.0 Å². The first-order valence-electron chi connectivity index (χ1n) is 8.75. The summed E-state index contributed by atoms with van der Waals surface area (Å²) in [7, 11) is 4.34. The van der Waals surface area contributed by atoms with E-state index in [1.165, 1.54) is 36.7 Å². The number of benzene rings is 1. The maximum absolute atomic E-state index is 2.64. The maximum Gasteiger partial charge on any atom is 0.0485 e. The summed E-state index contributed by atoms with van der Waals surface area (Å²) in [6, 6.07) is 9.09. The monoisotopic (exact) mass is 296 g/mol. The number of aryl methyl sites for hydroxylation is 1. The summed E-state index contributed by atoms with van der Waals surface area (Å²) in [5, 5.41) is 1.53. The van der Waals surface area contributed by atoms with Crippen LogP contribution in [0.5, 0.6) is 0 Å². The highest BCUT2D eigenvalue weighted by Gasteiger charge is 2.54.